The zero-order valence-electron chi connectivity index (χ0n) is 13.3. The lowest BCUT2D eigenvalue weighted by molar-refractivity contribution is 0.338. The second-order valence-corrected chi connectivity index (χ2v) is 5.65. The Morgan fingerprint density at radius 1 is 1.19 bits per heavy atom. The zero-order chi connectivity index (χ0) is 15.1. The highest BCUT2D eigenvalue weighted by Gasteiger charge is 2.12. The standard InChI is InChI=1S/C17H26N4/c1-4-12-21-16(10-11-19-21)13-18-17(14-20(2)3)15-8-6-5-7-9-15/h5-11,17-18H,4,12-14H2,1-3H3. The van der Waals surface area contributed by atoms with Gasteiger partial charge in [-0.3, -0.25) is 4.68 Å². The molecule has 1 N–H and O–H groups in total. The molecule has 2 rings (SSSR count). The maximum atomic E-state index is 4.38. The Labute approximate surface area is 127 Å². The Bertz CT molecular complexity index is 519. The molecule has 1 atom stereocenters. The van der Waals surface area contributed by atoms with Crippen molar-refractivity contribution in [3.63, 3.8) is 0 Å². The van der Waals surface area contributed by atoms with Crippen LogP contribution in [0.2, 0.25) is 0 Å². The lowest BCUT2D eigenvalue weighted by Crippen LogP contribution is -2.31. The molecule has 0 spiro atoms. The van der Waals surface area contributed by atoms with Gasteiger partial charge < -0.3 is 10.2 Å². The number of nitrogens with zero attached hydrogens (tertiary/aromatic N) is 3. The molecule has 1 aromatic carbocycles. The third-order valence-electron chi connectivity index (χ3n) is 3.52. The van der Waals surface area contributed by atoms with E-state index in [1.165, 1.54) is 11.3 Å². The number of rotatable bonds is 8. The first kappa shape index (κ1) is 15.7. The summed E-state index contributed by atoms with van der Waals surface area (Å²) in [6.45, 7) is 4.98. The Morgan fingerprint density at radius 3 is 2.62 bits per heavy atom. The van der Waals surface area contributed by atoms with Crippen LogP contribution in [0.1, 0.15) is 30.6 Å². The second-order valence-electron chi connectivity index (χ2n) is 5.65. The smallest absolute Gasteiger partial charge is 0.0522 e. The largest absolute Gasteiger partial charge is 0.308 e. The van der Waals surface area contributed by atoms with Gasteiger partial charge in [-0.15, -0.1) is 0 Å². The summed E-state index contributed by atoms with van der Waals surface area (Å²) in [4.78, 5) is 2.22. The van der Waals surface area contributed by atoms with Gasteiger partial charge in [-0.25, -0.2) is 0 Å². The molecule has 0 aliphatic carbocycles. The molecule has 2 aromatic rings. The molecule has 0 aliphatic rings. The molecule has 1 unspecified atom stereocenters. The van der Waals surface area contributed by atoms with Crippen LogP contribution in [0.15, 0.2) is 42.6 Å². The molecule has 21 heavy (non-hydrogen) atoms. The predicted octanol–water partition coefficient (Wildman–Crippen LogP) is 2.69. The average molecular weight is 286 g/mol. The molecule has 0 bridgehead atoms. The number of aromatic nitrogens is 2. The lowest BCUT2D eigenvalue weighted by atomic mass is 10.1. The van der Waals surface area contributed by atoms with Gasteiger partial charge in [-0.05, 0) is 32.1 Å². The van der Waals surface area contributed by atoms with Crippen LogP contribution in [0.3, 0.4) is 0 Å². The monoisotopic (exact) mass is 286 g/mol. The molecule has 0 radical (unpaired) electrons. The lowest BCUT2D eigenvalue weighted by Gasteiger charge is -2.23. The molecule has 4 heteroatoms. The summed E-state index contributed by atoms with van der Waals surface area (Å²) in [5.74, 6) is 0. The first-order chi connectivity index (χ1) is 10.2. The molecule has 0 saturated carbocycles. The molecule has 4 nitrogen and oxygen atoms in total. The van der Waals surface area contributed by atoms with E-state index in [1.54, 1.807) is 0 Å². The van der Waals surface area contributed by atoms with Gasteiger partial charge in [-0.2, -0.15) is 5.10 Å². The number of aryl methyl sites for hydroxylation is 1. The van der Waals surface area contributed by atoms with Crippen LogP contribution >= 0.6 is 0 Å². The number of hydrogen-bond donors (Lipinski definition) is 1. The third-order valence-corrected chi connectivity index (χ3v) is 3.52. The number of benzene rings is 1. The SMILES string of the molecule is CCCn1nccc1CNC(CN(C)C)c1ccccc1. The van der Waals surface area contributed by atoms with E-state index < -0.39 is 0 Å². The molecular weight excluding hydrogens is 260 g/mol. The summed E-state index contributed by atoms with van der Waals surface area (Å²) >= 11 is 0. The molecule has 0 saturated heterocycles. The van der Waals surface area contributed by atoms with E-state index in [9.17, 15) is 0 Å². The third kappa shape index (κ3) is 4.69. The first-order valence-corrected chi connectivity index (χ1v) is 7.64. The Morgan fingerprint density at radius 2 is 1.95 bits per heavy atom. The van der Waals surface area contributed by atoms with Gasteiger partial charge in [0.25, 0.3) is 0 Å². The van der Waals surface area contributed by atoms with Crippen molar-refractivity contribution in [2.45, 2.75) is 32.5 Å². The fourth-order valence-corrected chi connectivity index (χ4v) is 2.49. The van der Waals surface area contributed by atoms with Crippen LogP contribution in [0.4, 0.5) is 0 Å². The molecule has 0 amide bonds. The first-order valence-electron chi connectivity index (χ1n) is 7.64. The Balaban J connectivity index is 2.03. The Kier molecular flexibility index (Phi) is 5.96. The van der Waals surface area contributed by atoms with Crippen LogP contribution in [-0.2, 0) is 13.1 Å². The van der Waals surface area contributed by atoms with Gasteiger partial charge in [0.1, 0.15) is 0 Å². The van der Waals surface area contributed by atoms with E-state index in [0.717, 1.165) is 26.1 Å². The van der Waals surface area contributed by atoms with Crippen molar-refractivity contribution < 1.29 is 0 Å². The summed E-state index contributed by atoms with van der Waals surface area (Å²) in [5, 5.41) is 8.05. The van der Waals surface area contributed by atoms with E-state index >= 15 is 0 Å². The normalized spacial score (nSPS) is 12.8. The average Bonchev–Trinajstić information content (AvgIpc) is 2.92. The van der Waals surface area contributed by atoms with Crippen LogP contribution in [-0.4, -0.2) is 35.3 Å². The summed E-state index contributed by atoms with van der Waals surface area (Å²) in [6, 6.07) is 13.1. The van der Waals surface area contributed by atoms with Crippen LogP contribution in [0.5, 0.6) is 0 Å². The van der Waals surface area contributed by atoms with Crippen molar-refractivity contribution in [1.82, 2.24) is 20.0 Å². The fourth-order valence-electron chi connectivity index (χ4n) is 2.49. The van der Waals surface area contributed by atoms with E-state index in [0.29, 0.717) is 6.04 Å². The molecule has 1 aromatic heterocycles. The highest BCUT2D eigenvalue weighted by atomic mass is 15.3. The highest BCUT2D eigenvalue weighted by molar-refractivity contribution is 5.19. The number of hydrogen-bond acceptors (Lipinski definition) is 3. The second kappa shape index (κ2) is 7.96. The van der Waals surface area contributed by atoms with E-state index in [-0.39, 0.29) is 0 Å². The van der Waals surface area contributed by atoms with Crippen molar-refractivity contribution in [3.05, 3.63) is 53.9 Å². The summed E-state index contributed by atoms with van der Waals surface area (Å²) in [6.07, 6.45) is 2.99. The van der Waals surface area contributed by atoms with Gasteiger partial charge in [-0.1, -0.05) is 37.3 Å². The van der Waals surface area contributed by atoms with Crippen molar-refractivity contribution in [3.8, 4) is 0 Å². The van der Waals surface area contributed by atoms with Gasteiger partial charge in [0.05, 0.1) is 5.69 Å². The number of nitrogens with one attached hydrogen (secondary N) is 1. The topological polar surface area (TPSA) is 33.1 Å². The van der Waals surface area contributed by atoms with Crippen molar-refractivity contribution in [2.24, 2.45) is 0 Å². The molecule has 1 heterocycles. The van der Waals surface area contributed by atoms with Gasteiger partial charge in [0.15, 0.2) is 0 Å². The minimum atomic E-state index is 0.325. The molecular formula is C17H26N4. The van der Waals surface area contributed by atoms with E-state index in [4.69, 9.17) is 0 Å². The zero-order valence-corrected chi connectivity index (χ0v) is 13.3. The van der Waals surface area contributed by atoms with E-state index in [1.807, 2.05) is 6.20 Å². The van der Waals surface area contributed by atoms with Crippen molar-refractivity contribution in [2.75, 3.05) is 20.6 Å². The minimum Gasteiger partial charge on any atom is -0.308 e. The summed E-state index contributed by atoms with van der Waals surface area (Å²) in [7, 11) is 4.22. The van der Waals surface area contributed by atoms with Crippen LogP contribution in [0.25, 0.3) is 0 Å². The van der Waals surface area contributed by atoms with E-state index in [2.05, 4.69) is 77.4 Å². The Hall–Kier alpha value is -1.65. The number of likely N-dealkylation sites (N-methyl/N-ethyl adjacent to an activating group) is 1. The highest BCUT2D eigenvalue weighted by Crippen LogP contribution is 2.14. The summed E-state index contributed by atoms with van der Waals surface area (Å²) in [5.41, 5.74) is 2.57. The fraction of sp³-hybridized carbons (Fsp3) is 0.471. The maximum absolute atomic E-state index is 4.38. The minimum absolute atomic E-state index is 0.325. The molecule has 114 valence electrons. The molecule has 0 fully saturated rings. The van der Waals surface area contributed by atoms with Crippen molar-refractivity contribution in [1.29, 1.82) is 0 Å². The van der Waals surface area contributed by atoms with Gasteiger partial charge in [0.2, 0.25) is 0 Å². The van der Waals surface area contributed by atoms with Crippen LogP contribution in [0, 0.1) is 0 Å². The van der Waals surface area contributed by atoms with Gasteiger partial charge >= 0.3 is 0 Å². The predicted molar refractivity (Wildman–Crippen MR) is 87.1 cm³/mol. The van der Waals surface area contributed by atoms with Gasteiger partial charge in [0, 0.05) is 31.9 Å². The molecule has 0 aliphatic heterocycles. The van der Waals surface area contributed by atoms with Crippen LogP contribution < -0.4 is 5.32 Å². The quantitative estimate of drug-likeness (QED) is 0.810. The van der Waals surface area contributed by atoms with Crippen molar-refractivity contribution >= 4 is 0 Å². The summed E-state index contributed by atoms with van der Waals surface area (Å²) < 4.78 is 2.09. The maximum Gasteiger partial charge on any atom is 0.0522 e.